The average molecular weight is 193 g/mol. The monoisotopic (exact) mass is 193 g/mol. The number of hydrogen-bond acceptors (Lipinski definition) is 1. The summed E-state index contributed by atoms with van der Waals surface area (Å²) in [7, 11) is -1.13. The zero-order valence-corrected chi connectivity index (χ0v) is 10.0. The van der Waals surface area contributed by atoms with Gasteiger partial charge in [0.1, 0.15) is 0 Å². The van der Waals surface area contributed by atoms with Crippen molar-refractivity contribution in [2.24, 2.45) is 0 Å². The maximum atomic E-state index is 3.34. The summed E-state index contributed by atoms with van der Waals surface area (Å²) in [5, 5.41) is 4.86. The lowest BCUT2D eigenvalue weighted by molar-refractivity contribution is 1.21. The van der Waals surface area contributed by atoms with E-state index in [1.54, 1.807) is 0 Å². The highest BCUT2D eigenvalue weighted by Gasteiger charge is 2.15. The third kappa shape index (κ3) is 2.88. The van der Waals surface area contributed by atoms with Crippen LogP contribution in [0.3, 0.4) is 0 Å². The summed E-state index contributed by atoms with van der Waals surface area (Å²) in [4.78, 5) is 0. The molecule has 0 heterocycles. The molecular formula is C11H19NSi. The topological polar surface area (TPSA) is 12.0 Å². The van der Waals surface area contributed by atoms with Crippen molar-refractivity contribution in [1.29, 1.82) is 0 Å². The van der Waals surface area contributed by atoms with Gasteiger partial charge in [-0.05, 0) is 19.1 Å². The smallest absolute Gasteiger partial charge is 0.0776 e. The number of benzene rings is 1. The van der Waals surface area contributed by atoms with Gasteiger partial charge in [-0.15, -0.1) is 0 Å². The van der Waals surface area contributed by atoms with Crippen molar-refractivity contribution in [3.63, 3.8) is 0 Å². The van der Waals surface area contributed by atoms with E-state index in [-0.39, 0.29) is 0 Å². The third-order valence-electron chi connectivity index (χ3n) is 2.11. The molecule has 0 saturated heterocycles. The van der Waals surface area contributed by atoms with Gasteiger partial charge in [0.2, 0.25) is 0 Å². The van der Waals surface area contributed by atoms with Gasteiger partial charge >= 0.3 is 0 Å². The molecule has 0 saturated carbocycles. The van der Waals surface area contributed by atoms with Crippen LogP contribution in [0, 0.1) is 0 Å². The summed E-state index contributed by atoms with van der Waals surface area (Å²) in [6.07, 6.45) is 0. The molecule has 0 atom stereocenters. The average Bonchev–Trinajstić information content (AvgIpc) is 2.04. The van der Waals surface area contributed by atoms with Crippen LogP contribution in [0.5, 0.6) is 0 Å². The molecular weight excluding hydrogens is 174 g/mol. The highest BCUT2D eigenvalue weighted by atomic mass is 28.3. The number of anilines is 1. The zero-order valence-electron chi connectivity index (χ0n) is 9.02. The van der Waals surface area contributed by atoms with Crippen LogP contribution in [0.25, 0.3) is 0 Å². The predicted octanol–water partition coefficient (Wildman–Crippen LogP) is 2.66. The van der Waals surface area contributed by atoms with Crippen molar-refractivity contribution in [3.05, 3.63) is 24.3 Å². The molecule has 1 rings (SSSR count). The van der Waals surface area contributed by atoms with E-state index in [0.29, 0.717) is 0 Å². The van der Waals surface area contributed by atoms with Crippen LogP contribution < -0.4 is 10.5 Å². The van der Waals surface area contributed by atoms with Gasteiger partial charge in [-0.1, -0.05) is 37.0 Å². The van der Waals surface area contributed by atoms with Crippen molar-refractivity contribution in [2.75, 3.05) is 11.9 Å². The first kappa shape index (κ1) is 10.3. The Morgan fingerprint density at radius 1 is 1.23 bits per heavy atom. The van der Waals surface area contributed by atoms with E-state index in [1.165, 1.54) is 10.9 Å². The molecule has 0 aliphatic rings. The lowest BCUT2D eigenvalue weighted by atomic mass is 10.3. The lowest BCUT2D eigenvalue weighted by Crippen LogP contribution is -2.37. The molecule has 1 nitrogen and oxygen atoms in total. The molecule has 0 fully saturated rings. The van der Waals surface area contributed by atoms with E-state index in [4.69, 9.17) is 0 Å². The summed E-state index contributed by atoms with van der Waals surface area (Å²) < 4.78 is 0. The normalized spacial score (nSPS) is 11.4. The third-order valence-corrected chi connectivity index (χ3v) is 4.15. The Balaban J connectivity index is 2.92. The second-order valence-electron chi connectivity index (χ2n) is 4.36. The summed E-state index contributed by atoms with van der Waals surface area (Å²) in [6, 6.07) is 8.81. The van der Waals surface area contributed by atoms with E-state index in [0.717, 1.165) is 6.54 Å². The summed E-state index contributed by atoms with van der Waals surface area (Å²) in [6.45, 7) is 10.2. The van der Waals surface area contributed by atoms with Gasteiger partial charge in [0, 0.05) is 12.2 Å². The Kier molecular flexibility index (Phi) is 3.15. The fraction of sp³-hybridized carbons (Fsp3) is 0.455. The van der Waals surface area contributed by atoms with E-state index in [2.05, 4.69) is 56.1 Å². The Morgan fingerprint density at radius 3 is 2.46 bits per heavy atom. The molecule has 1 aromatic carbocycles. The van der Waals surface area contributed by atoms with Gasteiger partial charge in [-0.3, -0.25) is 0 Å². The molecule has 0 unspecified atom stereocenters. The highest BCUT2D eigenvalue weighted by molar-refractivity contribution is 6.88. The Bertz CT molecular complexity index is 276. The highest BCUT2D eigenvalue weighted by Crippen LogP contribution is 2.08. The number of rotatable bonds is 3. The molecule has 0 bridgehead atoms. The minimum Gasteiger partial charge on any atom is -0.385 e. The van der Waals surface area contributed by atoms with Crippen LogP contribution >= 0.6 is 0 Å². The SMILES string of the molecule is CCNc1cccc([Si](C)(C)C)c1. The Hall–Kier alpha value is -0.763. The number of hydrogen-bond donors (Lipinski definition) is 1. The minimum absolute atomic E-state index is 0.995. The molecule has 2 heteroatoms. The van der Waals surface area contributed by atoms with Crippen molar-refractivity contribution < 1.29 is 0 Å². The van der Waals surface area contributed by atoms with Crippen molar-refractivity contribution in [1.82, 2.24) is 0 Å². The molecule has 0 spiro atoms. The van der Waals surface area contributed by atoms with Gasteiger partial charge in [0.15, 0.2) is 0 Å². The lowest BCUT2D eigenvalue weighted by Gasteiger charge is -2.17. The van der Waals surface area contributed by atoms with E-state index < -0.39 is 8.07 Å². The van der Waals surface area contributed by atoms with Crippen molar-refractivity contribution >= 4 is 18.9 Å². The van der Waals surface area contributed by atoms with Gasteiger partial charge < -0.3 is 5.32 Å². The molecule has 0 radical (unpaired) electrons. The Labute approximate surface area is 82.2 Å². The number of nitrogens with one attached hydrogen (secondary N) is 1. The van der Waals surface area contributed by atoms with Gasteiger partial charge in [0.05, 0.1) is 8.07 Å². The van der Waals surface area contributed by atoms with Crippen LogP contribution in [0.1, 0.15) is 6.92 Å². The molecule has 0 aromatic heterocycles. The van der Waals surface area contributed by atoms with E-state index in [1.807, 2.05) is 0 Å². The summed E-state index contributed by atoms with van der Waals surface area (Å²) in [5.41, 5.74) is 1.25. The van der Waals surface area contributed by atoms with E-state index in [9.17, 15) is 0 Å². The molecule has 0 aliphatic heterocycles. The maximum Gasteiger partial charge on any atom is 0.0776 e. The predicted molar refractivity (Wildman–Crippen MR) is 63.6 cm³/mol. The fourth-order valence-electron chi connectivity index (χ4n) is 1.30. The molecule has 72 valence electrons. The van der Waals surface area contributed by atoms with E-state index >= 15 is 0 Å². The molecule has 1 aromatic rings. The van der Waals surface area contributed by atoms with Crippen molar-refractivity contribution in [3.8, 4) is 0 Å². The van der Waals surface area contributed by atoms with Gasteiger partial charge in [0.25, 0.3) is 0 Å². The van der Waals surface area contributed by atoms with Crippen molar-refractivity contribution in [2.45, 2.75) is 26.6 Å². The largest absolute Gasteiger partial charge is 0.385 e. The minimum atomic E-state index is -1.13. The summed E-state index contributed by atoms with van der Waals surface area (Å²) >= 11 is 0. The first-order valence-corrected chi connectivity index (χ1v) is 8.38. The maximum absolute atomic E-state index is 3.34. The molecule has 0 amide bonds. The molecule has 0 aliphatic carbocycles. The quantitative estimate of drug-likeness (QED) is 0.728. The Morgan fingerprint density at radius 2 is 1.92 bits per heavy atom. The molecule has 1 N–H and O–H groups in total. The van der Waals surface area contributed by atoms with Gasteiger partial charge in [-0.25, -0.2) is 0 Å². The molecule has 13 heavy (non-hydrogen) atoms. The van der Waals surface area contributed by atoms with Crippen LogP contribution in [-0.4, -0.2) is 14.6 Å². The second kappa shape index (κ2) is 3.96. The zero-order chi connectivity index (χ0) is 9.90. The van der Waals surface area contributed by atoms with Gasteiger partial charge in [-0.2, -0.15) is 0 Å². The van der Waals surface area contributed by atoms with Crippen LogP contribution in [-0.2, 0) is 0 Å². The standard InChI is InChI=1S/C11H19NSi/c1-5-12-10-7-6-8-11(9-10)13(2,3)4/h6-9,12H,5H2,1-4H3. The fourth-order valence-corrected chi connectivity index (χ4v) is 2.48. The second-order valence-corrected chi connectivity index (χ2v) is 9.44. The summed E-state index contributed by atoms with van der Waals surface area (Å²) in [5.74, 6) is 0. The van der Waals surface area contributed by atoms with Crippen LogP contribution in [0.15, 0.2) is 24.3 Å². The first-order chi connectivity index (χ1) is 6.04. The van der Waals surface area contributed by atoms with Crippen LogP contribution in [0.4, 0.5) is 5.69 Å². The van der Waals surface area contributed by atoms with Crippen LogP contribution in [0.2, 0.25) is 19.6 Å². The first-order valence-electron chi connectivity index (χ1n) is 4.88.